The molecule has 0 aliphatic carbocycles. The SMILES string of the molecule is Cc1ccc(C(=O)NNC(=O)c2ccc(S(=O)(=O)N3CCCC3)cc2)cc1. The Kier molecular flexibility index (Phi) is 5.57. The second-order valence-corrected chi connectivity index (χ2v) is 8.35. The first-order valence-electron chi connectivity index (χ1n) is 8.65. The lowest BCUT2D eigenvalue weighted by molar-refractivity contribution is 0.0846. The monoisotopic (exact) mass is 387 g/mol. The van der Waals surface area contributed by atoms with Crippen molar-refractivity contribution >= 4 is 21.8 Å². The van der Waals surface area contributed by atoms with E-state index in [0.717, 1.165) is 18.4 Å². The summed E-state index contributed by atoms with van der Waals surface area (Å²) in [6.45, 7) is 2.96. The number of sulfonamides is 1. The molecule has 27 heavy (non-hydrogen) atoms. The van der Waals surface area contributed by atoms with E-state index in [1.54, 1.807) is 24.3 Å². The molecule has 0 unspecified atom stereocenters. The number of hydrogen-bond donors (Lipinski definition) is 2. The summed E-state index contributed by atoms with van der Waals surface area (Å²) in [5.74, 6) is -0.961. The van der Waals surface area contributed by atoms with Crippen molar-refractivity contribution in [2.24, 2.45) is 0 Å². The smallest absolute Gasteiger partial charge is 0.267 e. The van der Waals surface area contributed by atoms with Crippen LogP contribution < -0.4 is 10.9 Å². The Hall–Kier alpha value is -2.71. The number of hydrazine groups is 1. The Morgan fingerprint density at radius 2 is 1.26 bits per heavy atom. The molecule has 2 amide bonds. The number of benzene rings is 2. The van der Waals surface area contributed by atoms with Crippen LogP contribution in [-0.4, -0.2) is 37.6 Å². The van der Waals surface area contributed by atoms with Crippen molar-refractivity contribution in [2.45, 2.75) is 24.7 Å². The molecule has 0 bridgehead atoms. The maximum Gasteiger partial charge on any atom is 0.269 e. The van der Waals surface area contributed by atoms with Crippen molar-refractivity contribution in [3.8, 4) is 0 Å². The van der Waals surface area contributed by atoms with Gasteiger partial charge >= 0.3 is 0 Å². The van der Waals surface area contributed by atoms with Gasteiger partial charge in [-0.15, -0.1) is 0 Å². The van der Waals surface area contributed by atoms with Crippen molar-refractivity contribution in [2.75, 3.05) is 13.1 Å². The zero-order valence-corrected chi connectivity index (χ0v) is 15.8. The third kappa shape index (κ3) is 4.35. The molecule has 1 aliphatic rings. The van der Waals surface area contributed by atoms with Gasteiger partial charge in [0.05, 0.1) is 4.90 Å². The molecule has 2 aromatic carbocycles. The van der Waals surface area contributed by atoms with Gasteiger partial charge in [-0.25, -0.2) is 8.42 Å². The standard InChI is InChI=1S/C19H21N3O4S/c1-14-4-6-15(7-5-14)18(23)20-21-19(24)16-8-10-17(11-9-16)27(25,26)22-12-2-3-13-22/h4-11H,2-3,12-13H2,1H3,(H,20,23)(H,21,24). The first-order valence-corrected chi connectivity index (χ1v) is 10.1. The van der Waals surface area contributed by atoms with Gasteiger partial charge in [-0.3, -0.25) is 20.4 Å². The molecule has 1 aliphatic heterocycles. The molecular formula is C19H21N3O4S. The summed E-state index contributed by atoms with van der Waals surface area (Å²) in [6, 6.07) is 12.6. The number of nitrogens with one attached hydrogen (secondary N) is 2. The number of rotatable bonds is 4. The molecule has 1 fully saturated rings. The fraction of sp³-hybridized carbons (Fsp3) is 0.263. The van der Waals surface area contributed by atoms with E-state index in [4.69, 9.17) is 0 Å². The first kappa shape index (κ1) is 19.1. The predicted molar refractivity (Wildman–Crippen MR) is 101 cm³/mol. The number of hydrogen-bond acceptors (Lipinski definition) is 4. The average Bonchev–Trinajstić information content (AvgIpc) is 3.22. The molecular weight excluding hydrogens is 366 g/mol. The molecule has 1 heterocycles. The molecule has 0 saturated carbocycles. The fourth-order valence-corrected chi connectivity index (χ4v) is 4.34. The van der Waals surface area contributed by atoms with Gasteiger partial charge in [0, 0.05) is 24.2 Å². The maximum atomic E-state index is 12.5. The quantitative estimate of drug-likeness (QED) is 0.783. The van der Waals surface area contributed by atoms with Crippen molar-refractivity contribution < 1.29 is 18.0 Å². The zero-order valence-electron chi connectivity index (χ0n) is 14.9. The van der Waals surface area contributed by atoms with Gasteiger partial charge in [-0.2, -0.15) is 4.31 Å². The van der Waals surface area contributed by atoms with Crippen molar-refractivity contribution in [3.05, 3.63) is 65.2 Å². The highest BCUT2D eigenvalue weighted by atomic mass is 32.2. The van der Waals surface area contributed by atoms with Crippen LogP contribution in [0.25, 0.3) is 0 Å². The van der Waals surface area contributed by atoms with Crippen LogP contribution in [0.4, 0.5) is 0 Å². The van der Waals surface area contributed by atoms with Crippen LogP contribution in [0.15, 0.2) is 53.4 Å². The zero-order chi connectivity index (χ0) is 19.4. The highest BCUT2D eigenvalue weighted by molar-refractivity contribution is 7.89. The predicted octanol–water partition coefficient (Wildman–Crippen LogP) is 1.85. The Bertz CT molecular complexity index is 932. The molecule has 0 aromatic heterocycles. The molecule has 7 nitrogen and oxygen atoms in total. The van der Waals surface area contributed by atoms with Crippen LogP contribution in [-0.2, 0) is 10.0 Å². The van der Waals surface area contributed by atoms with Gasteiger partial charge in [0.1, 0.15) is 0 Å². The molecule has 0 atom stereocenters. The van der Waals surface area contributed by atoms with Crippen LogP contribution in [0.3, 0.4) is 0 Å². The van der Waals surface area contributed by atoms with Crippen molar-refractivity contribution in [3.63, 3.8) is 0 Å². The van der Waals surface area contributed by atoms with E-state index in [-0.39, 0.29) is 10.5 Å². The lowest BCUT2D eigenvalue weighted by atomic mass is 10.1. The highest BCUT2D eigenvalue weighted by Crippen LogP contribution is 2.21. The number of nitrogens with zero attached hydrogens (tertiary/aromatic N) is 1. The molecule has 2 aromatic rings. The van der Waals surface area contributed by atoms with Gasteiger partial charge < -0.3 is 0 Å². The van der Waals surface area contributed by atoms with E-state index in [2.05, 4.69) is 10.9 Å². The number of aryl methyl sites for hydroxylation is 1. The maximum absolute atomic E-state index is 12.5. The van der Waals surface area contributed by atoms with E-state index in [1.807, 2.05) is 6.92 Å². The lowest BCUT2D eigenvalue weighted by Crippen LogP contribution is -2.41. The molecule has 3 rings (SSSR count). The minimum atomic E-state index is -3.51. The molecule has 1 saturated heterocycles. The third-order valence-corrected chi connectivity index (χ3v) is 6.34. The van der Waals surface area contributed by atoms with Crippen LogP contribution in [0.5, 0.6) is 0 Å². The summed E-state index contributed by atoms with van der Waals surface area (Å²) in [7, 11) is -3.51. The summed E-state index contributed by atoms with van der Waals surface area (Å²) in [4.78, 5) is 24.3. The minimum absolute atomic E-state index is 0.157. The molecule has 0 radical (unpaired) electrons. The van der Waals surface area contributed by atoms with E-state index in [9.17, 15) is 18.0 Å². The Morgan fingerprint density at radius 1 is 0.815 bits per heavy atom. The average molecular weight is 387 g/mol. The highest BCUT2D eigenvalue weighted by Gasteiger charge is 2.27. The van der Waals surface area contributed by atoms with E-state index in [1.165, 1.54) is 28.6 Å². The van der Waals surface area contributed by atoms with Gasteiger partial charge in [-0.05, 0) is 56.2 Å². The Morgan fingerprint density at radius 3 is 1.74 bits per heavy atom. The minimum Gasteiger partial charge on any atom is -0.267 e. The summed E-state index contributed by atoms with van der Waals surface area (Å²) < 4.78 is 26.4. The number of carbonyl (C=O) groups excluding carboxylic acids is 2. The Labute approximate surface area is 158 Å². The van der Waals surface area contributed by atoms with E-state index in [0.29, 0.717) is 18.7 Å². The van der Waals surface area contributed by atoms with Gasteiger partial charge in [-0.1, -0.05) is 17.7 Å². The van der Waals surface area contributed by atoms with Gasteiger partial charge in [0.25, 0.3) is 11.8 Å². The lowest BCUT2D eigenvalue weighted by Gasteiger charge is -2.15. The second-order valence-electron chi connectivity index (χ2n) is 6.41. The normalized spacial score (nSPS) is 14.7. The fourth-order valence-electron chi connectivity index (χ4n) is 2.82. The van der Waals surface area contributed by atoms with Crippen LogP contribution >= 0.6 is 0 Å². The first-order chi connectivity index (χ1) is 12.9. The summed E-state index contributed by atoms with van der Waals surface area (Å²) >= 11 is 0. The molecule has 0 spiro atoms. The third-order valence-electron chi connectivity index (χ3n) is 4.42. The van der Waals surface area contributed by atoms with Crippen molar-refractivity contribution in [1.82, 2.24) is 15.2 Å². The van der Waals surface area contributed by atoms with Crippen molar-refractivity contribution in [1.29, 1.82) is 0 Å². The molecule has 142 valence electrons. The van der Waals surface area contributed by atoms with Gasteiger partial charge in [0.2, 0.25) is 10.0 Å². The summed E-state index contributed by atoms with van der Waals surface area (Å²) in [6.07, 6.45) is 1.72. The molecule has 2 N–H and O–H groups in total. The number of carbonyl (C=O) groups is 2. The van der Waals surface area contributed by atoms with Crippen LogP contribution in [0.1, 0.15) is 39.1 Å². The number of amides is 2. The second kappa shape index (κ2) is 7.89. The summed E-state index contributed by atoms with van der Waals surface area (Å²) in [5, 5.41) is 0. The molecule has 8 heteroatoms. The van der Waals surface area contributed by atoms with Crippen LogP contribution in [0.2, 0.25) is 0 Å². The largest absolute Gasteiger partial charge is 0.269 e. The van der Waals surface area contributed by atoms with Crippen LogP contribution in [0, 0.1) is 6.92 Å². The Balaban J connectivity index is 1.62. The van der Waals surface area contributed by atoms with E-state index >= 15 is 0 Å². The van der Waals surface area contributed by atoms with Gasteiger partial charge in [0.15, 0.2) is 0 Å². The van der Waals surface area contributed by atoms with E-state index < -0.39 is 21.8 Å². The summed E-state index contributed by atoms with van der Waals surface area (Å²) in [5.41, 5.74) is 6.37. The topological polar surface area (TPSA) is 95.6 Å².